The van der Waals surface area contributed by atoms with Gasteiger partial charge < -0.3 is 14.6 Å². The van der Waals surface area contributed by atoms with Crippen LogP contribution in [0.3, 0.4) is 0 Å². The standard InChI is InChI=1S/C21H24ClN5O2S/c1-5-10-27-19(15-6-8-23-9-7-15)25-26-21(27)30-14(3)20(28)24-17-11-13(2)16(22)12-18(17)29-4/h6-9,11-12,14H,5,10H2,1-4H3,(H,24,28). The first kappa shape index (κ1) is 22.1. The molecule has 3 rings (SSSR count). The third-order valence-electron chi connectivity index (χ3n) is 4.49. The van der Waals surface area contributed by atoms with E-state index in [2.05, 4.69) is 27.4 Å². The number of anilines is 1. The smallest absolute Gasteiger partial charge is 0.237 e. The Hall–Kier alpha value is -2.58. The molecule has 0 radical (unpaired) electrons. The predicted octanol–water partition coefficient (Wildman–Crippen LogP) is 4.84. The first-order chi connectivity index (χ1) is 14.4. The fourth-order valence-electron chi connectivity index (χ4n) is 2.89. The molecule has 0 aliphatic rings. The fraction of sp³-hybridized carbons (Fsp3) is 0.333. The number of rotatable bonds is 8. The van der Waals surface area contributed by atoms with E-state index in [9.17, 15) is 4.79 Å². The lowest BCUT2D eigenvalue weighted by molar-refractivity contribution is -0.115. The van der Waals surface area contributed by atoms with Gasteiger partial charge in [0.25, 0.3) is 0 Å². The van der Waals surface area contributed by atoms with Crippen molar-refractivity contribution in [1.29, 1.82) is 0 Å². The maximum absolute atomic E-state index is 12.8. The van der Waals surface area contributed by atoms with Crippen molar-refractivity contribution >= 4 is 35.0 Å². The van der Waals surface area contributed by atoms with Crippen LogP contribution in [0.25, 0.3) is 11.4 Å². The lowest BCUT2D eigenvalue weighted by Gasteiger charge is -2.16. The number of thioether (sulfide) groups is 1. The van der Waals surface area contributed by atoms with E-state index in [4.69, 9.17) is 16.3 Å². The largest absolute Gasteiger partial charge is 0.495 e. The van der Waals surface area contributed by atoms with E-state index in [-0.39, 0.29) is 5.91 Å². The van der Waals surface area contributed by atoms with Crippen molar-refractivity contribution in [2.75, 3.05) is 12.4 Å². The zero-order valence-corrected chi connectivity index (χ0v) is 18.9. The molecule has 0 bridgehead atoms. The Morgan fingerprint density at radius 3 is 2.70 bits per heavy atom. The van der Waals surface area contributed by atoms with Crippen molar-refractivity contribution in [3.05, 3.63) is 47.2 Å². The third kappa shape index (κ3) is 4.94. The third-order valence-corrected chi connectivity index (χ3v) is 5.98. The SMILES string of the molecule is CCCn1c(SC(C)C(=O)Nc2cc(C)c(Cl)cc2OC)nnc1-c1ccncc1. The zero-order chi connectivity index (χ0) is 21.7. The molecule has 1 unspecified atom stereocenters. The summed E-state index contributed by atoms with van der Waals surface area (Å²) in [6.45, 7) is 6.57. The van der Waals surface area contributed by atoms with Gasteiger partial charge in [-0.1, -0.05) is 30.3 Å². The molecule has 2 aromatic heterocycles. The first-order valence-electron chi connectivity index (χ1n) is 9.59. The van der Waals surface area contributed by atoms with Gasteiger partial charge in [-0.25, -0.2) is 0 Å². The number of ether oxygens (including phenoxy) is 1. The highest BCUT2D eigenvalue weighted by atomic mass is 35.5. The molecule has 9 heteroatoms. The summed E-state index contributed by atoms with van der Waals surface area (Å²) in [5, 5.41) is 12.5. The maximum Gasteiger partial charge on any atom is 0.237 e. The highest BCUT2D eigenvalue weighted by molar-refractivity contribution is 8.00. The molecular weight excluding hydrogens is 422 g/mol. The van der Waals surface area contributed by atoms with E-state index < -0.39 is 5.25 Å². The van der Waals surface area contributed by atoms with Gasteiger partial charge in [0.05, 0.1) is 18.0 Å². The second-order valence-electron chi connectivity index (χ2n) is 6.74. The molecular formula is C21H24ClN5O2S. The molecule has 2 heterocycles. The predicted molar refractivity (Wildman–Crippen MR) is 120 cm³/mol. The summed E-state index contributed by atoms with van der Waals surface area (Å²) in [7, 11) is 1.54. The van der Waals surface area contributed by atoms with Crippen LogP contribution in [0, 0.1) is 6.92 Å². The van der Waals surface area contributed by atoms with Gasteiger partial charge in [0.2, 0.25) is 5.91 Å². The van der Waals surface area contributed by atoms with Crippen molar-refractivity contribution in [1.82, 2.24) is 19.7 Å². The number of hydrogen-bond acceptors (Lipinski definition) is 6. The average Bonchev–Trinajstić information content (AvgIpc) is 3.13. The van der Waals surface area contributed by atoms with Crippen LogP contribution >= 0.6 is 23.4 Å². The van der Waals surface area contributed by atoms with Crippen molar-refractivity contribution in [2.24, 2.45) is 0 Å². The number of methoxy groups -OCH3 is 1. The van der Waals surface area contributed by atoms with Crippen molar-refractivity contribution in [3.63, 3.8) is 0 Å². The Bertz CT molecular complexity index is 1030. The summed E-state index contributed by atoms with van der Waals surface area (Å²) in [6.07, 6.45) is 4.38. The number of pyridine rings is 1. The normalized spacial score (nSPS) is 11.9. The Kier molecular flexibility index (Phi) is 7.33. The zero-order valence-electron chi connectivity index (χ0n) is 17.3. The molecule has 0 saturated heterocycles. The van der Waals surface area contributed by atoms with E-state index in [0.29, 0.717) is 21.6 Å². The second-order valence-corrected chi connectivity index (χ2v) is 8.46. The highest BCUT2D eigenvalue weighted by Gasteiger charge is 2.22. The number of benzene rings is 1. The van der Waals surface area contributed by atoms with Crippen LogP contribution in [0.4, 0.5) is 5.69 Å². The number of aryl methyl sites for hydroxylation is 1. The van der Waals surface area contributed by atoms with Crippen LogP contribution in [0.1, 0.15) is 25.8 Å². The van der Waals surface area contributed by atoms with E-state index in [1.165, 1.54) is 11.8 Å². The van der Waals surface area contributed by atoms with Crippen LogP contribution < -0.4 is 10.1 Å². The number of aromatic nitrogens is 4. The molecule has 1 N–H and O–H groups in total. The van der Waals surface area contributed by atoms with Gasteiger partial charge in [0, 0.05) is 35.6 Å². The van der Waals surface area contributed by atoms with Gasteiger partial charge in [0.15, 0.2) is 11.0 Å². The molecule has 1 atom stereocenters. The lowest BCUT2D eigenvalue weighted by atomic mass is 10.2. The Balaban J connectivity index is 1.79. The minimum Gasteiger partial charge on any atom is -0.495 e. The molecule has 7 nitrogen and oxygen atoms in total. The van der Waals surface area contributed by atoms with Crippen molar-refractivity contribution < 1.29 is 9.53 Å². The van der Waals surface area contributed by atoms with Crippen LogP contribution in [0.15, 0.2) is 41.8 Å². The van der Waals surface area contributed by atoms with Gasteiger partial charge in [-0.05, 0) is 44.0 Å². The summed E-state index contributed by atoms with van der Waals surface area (Å²) in [6, 6.07) is 7.30. The summed E-state index contributed by atoms with van der Waals surface area (Å²) in [4.78, 5) is 16.9. The number of carbonyl (C=O) groups is 1. The van der Waals surface area contributed by atoms with Crippen molar-refractivity contribution in [3.8, 4) is 17.1 Å². The maximum atomic E-state index is 12.8. The molecule has 0 aliphatic carbocycles. The quantitative estimate of drug-likeness (QED) is 0.499. The van der Waals surface area contributed by atoms with Gasteiger partial charge in [-0.2, -0.15) is 0 Å². The molecule has 0 saturated carbocycles. The summed E-state index contributed by atoms with van der Waals surface area (Å²) < 4.78 is 7.38. The van der Waals surface area contributed by atoms with Gasteiger partial charge >= 0.3 is 0 Å². The number of nitrogens with one attached hydrogen (secondary N) is 1. The van der Waals surface area contributed by atoms with Gasteiger partial charge in [0.1, 0.15) is 5.75 Å². The number of carbonyl (C=O) groups excluding carboxylic acids is 1. The molecule has 0 spiro atoms. The molecule has 0 aliphatic heterocycles. The number of hydrogen-bond donors (Lipinski definition) is 1. The Labute approximate surface area is 185 Å². The molecule has 158 valence electrons. The van der Waals surface area contributed by atoms with Gasteiger partial charge in [-0.15, -0.1) is 10.2 Å². The highest BCUT2D eigenvalue weighted by Crippen LogP contribution is 2.32. The minimum absolute atomic E-state index is 0.156. The topological polar surface area (TPSA) is 81.9 Å². The van der Waals surface area contributed by atoms with Crippen LogP contribution in [0.5, 0.6) is 5.75 Å². The lowest BCUT2D eigenvalue weighted by Crippen LogP contribution is -2.23. The first-order valence-corrected chi connectivity index (χ1v) is 10.9. The Morgan fingerprint density at radius 1 is 1.30 bits per heavy atom. The second kappa shape index (κ2) is 9.95. The number of amides is 1. The van der Waals surface area contributed by atoms with E-state index in [1.807, 2.05) is 30.5 Å². The molecule has 1 aromatic carbocycles. The monoisotopic (exact) mass is 445 g/mol. The molecule has 3 aromatic rings. The molecule has 0 fully saturated rings. The van der Waals surface area contributed by atoms with Crippen molar-refractivity contribution in [2.45, 2.75) is 44.1 Å². The number of halogens is 1. The van der Waals surface area contributed by atoms with Gasteiger partial charge in [-0.3, -0.25) is 9.78 Å². The van der Waals surface area contributed by atoms with Crippen LogP contribution in [-0.2, 0) is 11.3 Å². The molecule has 30 heavy (non-hydrogen) atoms. The molecule has 1 amide bonds. The van der Waals surface area contributed by atoms with E-state index >= 15 is 0 Å². The van der Waals surface area contributed by atoms with E-state index in [1.54, 1.807) is 31.6 Å². The summed E-state index contributed by atoms with van der Waals surface area (Å²) in [5.41, 5.74) is 2.39. The number of nitrogens with zero attached hydrogens (tertiary/aromatic N) is 4. The van der Waals surface area contributed by atoms with Crippen LogP contribution in [-0.4, -0.2) is 38.0 Å². The fourth-order valence-corrected chi connectivity index (χ4v) is 3.92. The van der Waals surface area contributed by atoms with E-state index in [0.717, 1.165) is 29.9 Å². The summed E-state index contributed by atoms with van der Waals surface area (Å²) >= 11 is 7.52. The summed E-state index contributed by atoms with van der Waals surface area (Å²) in [5.74, 6) is 1.13. The average molecular weight is 446 g/mol. The minimum atomic E-state index is -0.393. The van der Waals surface area contributed by atoms with Crippen LogP contribution in [0.2, 0.25) is 5.02 Å². The Morgan fingerprint density at radius 2 is 2.03 bits per heavy atom.